The molecule has 1 N–H and O–H groups in total. The van der Waals surface area contributed by atoms with Crippen LogP contribution in [0.4, 0.5) is 5.69 Å². The number of nitrogens with zero attached hydrogens (tertiary/aromatic N) is 3. The third kappa shape index (κ3) is 2.56. The molecule has 7 heteroatoms. The number of fused-ring (bicyclic) bond motifs is 1. The Bertz CT molecular complexity index is 1050. The van der Waals surface area contributed by atoms with Gasteiger partial charge in [-0.3, -0.25) is 4.57 Å². The normalized spacial score (nSPS) is 11.0. The van der Waals surface area contributed by atoms with Crippen molar-refractivity contribution in [1.82, 2.24) is 14.7 Å². The fraction of sp³-hybridized carbons (Fsp3) is 0.118. The number of hydrogen-bond acceptors (Lipinski definition) is 6. The van der Waals surface area contributed by atoms with Gasteiger partial charge in [0.2, 0.25) is 11.7 Å². The Labute approximate surface area is 136 Å². The Morgan fingerprint density at radius 1 is 1.17 bits per heavy atom. The van der Waals surface area contributed by atoms with Crippen LogP contribution in [0.25, 0.3) is 22.5 Å². The van der Waals surface area contributed by atoms with E-state index < -0.39 is 0 Å². The quantitative estimate of drug-likeness (QED) is 0.622. The summed E-state index contributed by atoms with van der Waals surface area (Å²) in [6, 6.07) is 15.1. The van der Waals surface area contributed by atoms with Crippen LogP contribution in [0, 0.1) is 0 Å². The Morgan fingerprint density at radius 3 is 2.83 bits per heavy atom. The predicted octanol–water partition coefficient (Wildman–Crippen LogP) is 2.79. The molecule has 0 atom stereocenters. The molecule has 24 heavy (non-hydrogen) atoms. The minimum absolute atomic E-state index is 0.383. The van der Waals surface area contributed by atoms with E-state index in [4.69, 9.17) is 8.94 Å². The van der Waals surface area contributed by atoms with Crippen molar-refractivity contribution in [3.8, 4) is 11.4 Å². The zero-order valence-electron chi connectivity index (χ0n) is 12.9. The van der Waals surface area contributed by atoms with Gasteiger partial charge in [0.15, 0.2) is 5.58 Å². The Morgan fingerprint density at radius 2 is 2.00 bits per heavy atom. The molecular weight excluding hydrogens is 308 g/mol. The molecule has 7 nitrogen and oxygen atoms in total. The van der Waals surface area contributed by atoms with Crippen LogP contribution in [0.2, 0.25) is 0 Å². The third-order valence-electron chi connectivity index (χ3n) is 3.74. The Hall–Kier alpha value is -3.35. The molecule has 0 unspecified atom stereocenters. The zero-order chi connectivity index (χ0) is 16.5. The Kier molecular flexibility index (Phi) is 3.38. The second-order valence-corrected chi connectivity index (χ2v) is 5.34. The summed E-state index contributed by atoms with van der Waals surface area (Å²) in [6.45, 7) is 0.386. The van der Waals surface area contributed by atoms with E-state index in [0.29, 0.717) is 23.8 Å². The van der Waals surface area contributed by atoms with Gasteiger partial charge in [-0.2, -0.15) is 4.98 Å². The molecule has 0 radical (unpaired) electrons. The molecule has 0 saturated heterocycles. The molecule has 2 heterocycles. The van der Waals surface area contributed by atoms with Gasteiger partial charge in [0, 0.05) is 18.3 Å². The number of oxazole rings is 1. The summed E-state index contributed by atoms with van der Waals surface area (Å²) in [5.74, 6) is 0.654. The zero-order valence-corrected chi connectivity index (χ0v) is 12.9. The highest BCUT2D eigenvalue weighted by atomic mass is 16.5. The average molecular weight is 322 g/mol. The van der Waals surface area contributed by atoms with Gasteiger partial charge in [0.25, 0.3) is 0 Å². The van der Waals surface area contributed by atoms with Crippen LogP contribution < -0.4 is 11.1 Å². The number of aromatic nitrogens is 3. The van der Waals surface area contributed by atoms with Crippen LogP contribution >= 0.6 is 0 Å². The van der Waals surface area contributed by atoms with Crippen LogP contribution in [0.1, 0.15) is 5.89 Å². The van der Waals surface area contributed by atoms with Crippen molar-refractivity contribution >= 4 is 16.8 Å². The maximum Gasteiger partial charge on any atom is 0.419 e. The number of nitrogens with one attached hydrogen (secondary N) is 1. The Balaban J connectivity index is 1.52. The van der Waals surface area contributed by atoms with Gasteiger partial charge in [0.1, 0.15) is 0 Å². The third-order valence-corrected chi connectivity index (χ3v) is 3.74. The molecule has 4 aromatic rings. The van der Waals surface area contributed by atoms with Gasteiger partial charge in [0.05, 0.1) is 12.1 Å². The van der Waals surface area contributed by atoms with Gasteiger partial charge in [-0.15, -0.1) is 0 Å². The molecule has 4 rings (SSSR count). The largest absolute Gasteiger partial charge is 0.419 e. The van der Waals surface area contributed by atoms with Gasteiger partial charge in [-0.25, -0.2) is 4.79 Å². The fourth-order valence-corrected chi connectivity index (χ4v) is 2.45. The first kappa shape index (κ1) is 14.3. The molecule has 2 aromatic carbocycles. The second-order valence-electron chi connectivity index (χ2n) is 5.34. The van der Waals surface area contributed by atoms with Gasteiger partial charge >= 0.3 is 5.76 Å². The van der Waals surface area contributed by atoms with E-state index in [9.17, 15) is 4.79 Å². The van der Waals surface area contributed by atoms with Gasteiger partial charge < -0.3 is 14.3 Å². The maximum absolute atomic E-state index is 11.5. The molecule has 0 aliphatic heterocycles. The van der Waals surface area contributed by atoms with Crippen molar-refractivity contribution in [2.75, 3.05) is 5.32 Å². The summed E-state index contributed by atoms with van der Waals surface area (Å²) in [7, 11) is 1.67. The summed E-state index contributed by atoms with van der Waals surface area (Å²) >= 11 is 0. The lowest BCUT2D eigenvalue weighted by molar-refractivity contribution is 0.384. The minimum Gasteiger partial charge on any atom is -0.408 e. The lowest BCUT2D eigenvalue weighted by Crippen LogP contribution is -2.08. The smallest absolute Gasteiger partial charge is 0.408 e. The molecule has 0 aliphatic rings. The summed E-state index contributed by atoms with van der Waals surface area (Å²) in [6.07, 6.45) is 0. The summed E-state index contributed by atoms with van der Waals surface area (Å²) < 4.78 is 11.8. The molecular formula is C17H14N4O3. The van der Waals surface area contributed by atoms with Crippen molar-refractivity contribution < 1.29 is 8.94 Å². The maximum atomic E-state index is 11.5. The van der Waals surface area contributed by atoms with E-state index in [0.717, 1.165) is 16.8 Å². The van der Waals surface area contributed by atoms with E-state index in [-0.39, 0.29) is 5.76 Å². The fourth-order valence-electron chi connectivity index (χ4n) is 2.45. The molecule has 0 fully saturated rings. The van der Waals surface area contributed by atoms with Crippen molar-refractivity contribution in [2.45, 2.75) is 6.54 Å². The van der Waals surface area contributed by atoms with Crippen LogP contribution in [0.15, 0.2) is 62.3 Å². The highest BCUT2D eigenvalue weighted by Crippen LogP contribution is 2.19. The SMILES string of the molecule is Cn1c(=O)oc2ccc(NCc3nc(-c4ccccc4)no3)cc21. The van der Waals surface area contributed by atoms with Crippen molar-refractivity contribution in [3.05, 3.63) is 65.0 Å². The first-order chi connectivity index (χ1) is 11.7. The number of benzene rings is 2. The molecule has 0 bridgehead atoms. The number of hydrogen-bond donors (Lipinski definition) is 1. The minimum atomic E-state index is -0.383. The second kappa shape index (κ2) is 5.69. The van der Waals surface area contributed by atoms with E-state index >= 15 is 0 Å². The van der Waals surface area contributed by atoms with E-state index in [1.54, 1.807) is 13.1 Å². The van der Waals surface area contributed by atoms with Crippen LogP contribution in [0.3, 0.4) is 0 Å². The first-order valence-electron chi connectivity index (χ1n) is 7.42. The molecule has 0 saturated carbocycles. The van der Waals surface area contributed by atoms with Crippen LogP contribution in [0.5, 0.6) is 0 Å². The standard InChI is InChI=1S/C17H14N4O3/c1-21-13-9-12(7-8-14(13)23-17(21)22)18-10-15-19-16(20-24-15)11-5-3-2-4-6-11/h2-9,18H,10H2,1H3. The lowest BCUT2D eigenvalue weighted by atomic mass is 10.2. The summed E-state index contributed by atoms with van der Waals surface area (Å²) in [4.78, 5) is 15.9. The summed E-state index contributed by atoms with van der Waals surface area (Å²) in [5.41, 5.74) is 3.01. The molecule has 0 spiro atoms. The molecule has 0 aliphatic carbocycles. The van der Waals surface area contributed by atoms with E-state index in [2.05, 4.69) is 15.5 Å². The predicted molar refractivity (Wildman–Crippen MR) is 88.5 cm³/mol. The highest BCUT2D eigenvalue weighted by Gasteiger charge is 2.09. The van der Waals surface area contributed by atoms with Crippen LogP contribution in [-0.4, -0.2) is 14.7 Å². The number of rotatable bonds is 4. The highest BCUT2D eigenvalue weighted by molar-refractivity contribution is 5.77. The van der Waals surface area contributed by atoms with E-state index in [1.165, 1.54) is 4.57 Å². The van der Waals surface area contributed by atoms with Crippen LogP contribution in [-0.2, 0) is 13.6 Å². The summed E-state index contributed by atoms with van der Waals surface area (Å²) in [5, 5.41) is 7.18. The number of aryl methyl sites for hydroxylation is 1. The number of anilines is 1. The van der Waals surface area contributed by atoms with Gasteiger partial charge in [-0.05, 0) is 18.2 Å². The molecule has 2 aromatic heterocycles. The van der Waals surface area contributed by atoms with Gasteiger partial charge in [-0.1, -0.05) is 35.5 Å². The first-order valence-corrected chi connectivity index (χ1v) is 7.42. The monoisotopic (exact) mass is 322 g/mol. The average Bonchev–Trinajstić information content (AvgIpc) is 3.20. The van der Waals surface area contributed by atoms with Crippen molar-refractivity contribution in [1.29, 1.82) is 0 Å². The van der Waals surface area contributed by atoms with Crippen molar-refractivity contribution in [3.63, 3.8) is 0 Å². The van der Waals surface area contributed by atoms with E-state index in [1.807, 2.05) is 42.5 Å². The lowest BCUT2D eigenvalue weighted by Gasteiger charge is -2.03. The molecule has 120 valence electrons. The molecule has 0 amide bonds. The van der Waals surface area contributed by atoms with Crippen molar-refractivity contribution in [2.24, 2.45) is 7.05 Å². The topological polar surface area (TPSA) is 86.1 Å².